The molecule has 1 saturated heterocycles. The van der Waals surface area contributed by atoms with Gasteiger partial charge in [0.15, 0.2) is 0 Å². The summed E-state index contributed by atoms with van der Waals surface area (Å²) in [7, 11) is 0. The van der Waals surface area contributed by atoms with Gasteiger partial charge < -0.3 is 14.7 Å². The van der Waals surface area contributed by atoms with Crippen LogP contribution in [0.2, 0.25) is 0 Å². The first-order valence-electron chi connectivity index (χ1n) is 16.6. The van der Waals surface area contributed by atoms with E-state index < -0.39 is 5.66 Å². The van der Waals surface area contributed by atoms with Gasteiger partial charge in [0.1, 0.15) is 0 Å². The summed E-state index contributed by atoms with van der Waals surface area (Å²) >= 11 is 0. The van der Waals surface area contributed by atoms with Gasteiger partial charge in [0.05, 0.1) is 29.4 Å². The van der Waals surface area contributed by atoms with Gasteiger partial charge in [-0.3, -0.25) is 10.1 Å². The third-order valence-electron chi connectivity index (χ3n) is 9.19. The van der Waals surface area contributed by atoms with E-state index in [1.165, 1.54) is 5.56 Å². The number of rotatable bonds is 8. The minimum Gasteiger partial charge on any atom is -0.459 e. The molecular weight excluding hydrogens is 548 g/mol. The summed E-state index contributed by atoms with van der Waals surface area (Å²) < 4.78 is 5.38. The minimum atomic E-state index is -0.406. The molecule has 2 atom stereocenters. The second-order valence-electron chi connectivity index (χ2n) is 15.4. The van der Waals surface area contributed by atoms with Crippen LogP contribution >= 0.6 is 0 Å². The number of nitrogens with one attached hydrogen (secondary N) is 1. The number of aryl methyl sites for hydroxylation is 1. The van der Waals surface area contributed by atoms with Crippen LogP contribution in [0.5, 0.6) is 0 Å². The maximum atomic E-state index is 14.0. The standard InChI is InChI=1S/C31H50N2O4.C7H8/c1-21(2)37-28(36)23-11-9-22(10-12-23)26(15-17-29(3,4)5)33-27(35)25(16-20-34)32-31(33)18-13-24(14-19-31)30(6,7)8;1-7-5-3-2-4-6-7/h9-12,21,24-26,32,34H,13-20H2,1-8H3;2-6H,1H3. The molecular formula is C38H58N2O4. The van der Waals surface area contributed by atoms with Crippen LogP contribution in [-0.4, -0.2) is 46.3 Å². The predicted molar refractivity (Wildman–Crippen MR) is 179 cm³/mol. The lowest BCUT2D eigenvalue weighted by Gasteiger charge is -2.49. The van der Waals surface area contributed by atoms with Crippen molar-refractivity contribution in [2.75, 3.05) is 6.61 Å². The number of nitrogens with zero attached hydrogens (tertiary/aromatic N) is 1. The number of carbonyl (C=O) groups excluding carboxylic acids is 2. The maximum Gasteiger partial charge on any atom is 0.338 e. The lowest BCUT2D eigenvalue weighted by Crippen LogP contribution is -2.56. The third-order valence-corrected chi connectivity index (χ3v) is 9.19. The zero-order valence-corrected chi connectivity index (χ0v) is 28.8. The molecule has 2 aromatic carbocycles. The van der Waals surface area contributed by atoms with Crippen molar-refractivity contribution in [2.45, 2.75) is 131 Å². The van der Waals surface area contributed by atoms with Gasteiger partial charge in [0.25, 0.3) is 0 Å². The molecule has 4 rings (SSSR count). The molecule has 0 bridgehead atoms. The Balaban J connectivity index is 0.000000662. The monoisotopic (exact) mass is 606 g/mol. The number of aliphatic hydroxyl groups is 1. The highest BCUT2D eigenvalue weighted by molar-refractivity contribution is 5.89. The molecule has 0 radical (unpaired) electrons. The Labute approximate surface area is 267 Å². The molecule has 1 aliphatic heterocycles. The van der Waals surface area contributed by atoms with Crippen LogP contribution in [0, 0.1) is 23.7 Å². The molecule has 1 heterocycles. The summed E-state index contributed by atoms with van der Waals surface area (Å²) in [6.07, 6.45) is 6.00. The van der Waals surface area contributed by atoms with Gasteiger partial charge in [0.2, 0.25) is 5.91 Å². The van der Waals surface area contributed by atoms with E-state index >= 15 is 0 Å². The SMILES string of the molecule is CC(C)OC(=O)c1ccc(C(CCC(C)(C)C)N2C(=O)C(CCO)NC23CCC(C(C)(C)C)CC3)cc1.Cc1ccccc1. The highest BCUT2D eigenvalue weighted by Gasteiger charge is 2.54. The lowest BCUT2D eigenvalue weighted by atomic mass is 9.69. The van der Waals surface area contributed by atoms with Crippen LogP contribution in [0.3, 0.4) is 0 Å². The zero-order chi connectivity index (χ0) is 32.7. The van der Waals surface area contributed by atoms with Crippen LogP contribution in [0.15, 0.2) is 54.6 Å². The number of benzene rings is 2. The summed E-state index contributed by atoms with van der Waals surface area (Å²) in [5.41, 5.74) is 2.85. The molecule has 1 saturated carbocycles. The maximum absolute atomic E-state index is 14.0. The number of aliphatic hydroxyl groups excluding tert-OH is 1. The number of amides is 1. The van der Waals surface area contributed by atoms with Gasteiger partial charge in [-0.25, -0.2) is 4.79 Å². The van der Waals surface area contributed by atoms with E-state index in [1.807, 2.05) is 56.3 Å². The molecule has 2 fully saturated rings. The molecule has 2 aromatic rings. The number of esters is 1. The smallest absolute Gasteiger partial charge is 0.338 e. The number of hydrogen-bond donors (Lipinski definition) is 2. The fraction of sp³-hybridized carbons (Fsp3) is 0.632. The van der Waals surface area contributed by atoms with Gasteiger partial charge in [0, 0.05) is 6.61 Å². The molecule has 0 aromatic heterocycles. The first-order chi connectivity index (χ1) is 20.6. The van der Waals surface area contributed by atoms with Crippen LogP contribution in [-0.2, 0) is 9.53 Å². The average molecular weight is 607 g/mol. The Morgan fingerprint density at radius 3 is 2.05 bits per heavy atom. The molecule has 1 amide bonds. The third kappa shape index (κ3) is 9.65. The minimum absolute atomic E-state index is 0.0166. The largest absolute Gasteiger partial charge is 0.459 e. The van der Waals surface area contributed by atoms with Gasteiger partial charge >= 0.3 is 5.97 Å². The topological polar surface area (TPSA) is 78.9 Å². The van der Waals surface area contributed by atoms with Crippen molar-refractivity contribution in [3.8, 4) is 0 Å². The van der Waals surface area contributed by atoms with Crippen molar-refractivity contribution >= 4 is 11.9 Å². The first-order valence-corrected chi connectivity index (χ1v) is 16.6. The number of hydrogen-bond acceptors (Lipinski definition) is 5. The van der Waals surface area contributed by atoms with E-state index in [1.54, 1.807) is 0 Å². The number of carbonyl (C=O) groups is 2. The Bertz CT molecular complexity index is 1190. The summed E-state index contributed by atoms with van der Waals surface area (Å²) in [4.78, 5) is 28.5. The highest BCUT2D eigenvalue weighted by atomic mass is 16.5. The van der Waals surface area contributed by atoms with Crippen molar-refractivity contribution < 1.29 is 19.4 Å². The normalized spacial score (nSPS) is 23.0. The fourth-order valence-electron chi connectivity index (χ4n) is 6.63. The summed E-state index contributed by atoms with van der Waals surface area (Å²) in [6.45, 7) is 19.4. The fourth-order valence-corrected chi connectivity index (χ4v) is 6.63. The molecule has 6 heteroatoms. The molecule has 1 aliphatic carbocycles. The van der Waals surface area contributed by atoms with Crippen molar-refractivity contribution in [1.29, 1.82) is 0 Å². The quantitative estimate of drug-likeness (QED) is 0.296. The van der Waals surface area contributed by atoms with Crippen molar-refractivity contribution in [3.05, 3.63) is 71.3 Å². The van der Waals surface area contributed by atoms with Gasteiger partial charge in [-0.15, -0.1) is 0 Å². The Morgan fingerprint density at radius 2 is 1.59 bits per heavy atom. The summed E-state index contributed by atoms with van der Waals surface area (Å²) in [5, 5.41) is 13.4. The van der Waals surface area contributed by atoms with E-state index in [4.69, 9.17) is 4.74 Å². The van der Waals surface area contributed by atoms with E-state index in [0.29, 0.717) is 17.9 Å². The van der Waals surface area contributed by atoms with Crippen LogP contribution in [0.1, 0.15) is 128 Å². The van der Waals surface area contributed by atoms with Gasteiger partial charge in [-0.2, -0.15) is 0 Å². The van der Waals surface area contributed by atoms with Crippen molar-refractivity contribution in [2.24, 2.45) is 16.7 Å². The Hall–Kier alpha value is -2.70. The molecule has 6 nitrogen and oxygen atoms in total. The Morgan fingerprint density at radius 1 is 1.00 bits per heavy atom. The van der Waals surface area contributed by atoms with Gasteiger partial charge in [-0.05, 0) is 100 Å². The Kier molecular flexibility index (Phi) is 12.2. The van der Waals surface area contributed by atoms with Crippen LogP contribution < -0.4 is 5.32 Å². The highest BCUT2D eigenvalue weighted by Crippen LogP contribution is 2.48. The second-order valence-corrected chi connectivity index (χ2v) is 15.4. The van der Waals surface area contributed by atoms with E-state index in [9.17, 15) is 14.7 Å². The average Bonchev–Trinajstić information content (AvgIpc) is 3.19. The van der Waals surface area contributed by atoms with E-state index in [2.05, 4.69) is 70.8 Å². The molecule has 2 aliphatic rings. The van der Waals surface area contributed by atoms with E-state index in [0.717, 1.165) is 44.1 Å². The predicted octanol–water partition coefficient (Wildman–Crippen LogP) is 8.23. The molecule has 1 spiro atoms. The summed E-state index contributed by atoms with van der Waals surface area (Å²) in [6, 6.07) is 17.4. The van der Waals surface area contributed by atoms with Crippen LogP contribution in [0.25, 0.3) is 0 Å². The molecule has 44 heavy (non-hydrogen) atoms. The zero-order valence-electron chi connectivity index (χ0n) is 28.8. The van der Waals surface area contributed by atoms with Crippen LogP contribution in [0.4, 0.5) is 0 Å². The molecule has 244 valence electrons. The second kappa shape index (κ2) is 15.1. The number of ether oxygens (including phenoxy) is 1. The first kappa shape index (κ1) is 35.8. The lowest BCUT2D eigenvalue weighted by molar-refractivity contribution is -0.137. The summed E-state index contributed by atoms with van der Waals surface area (Å²) in [5.74, 6) is 0.380. The van der Waals surface area contributed by atoms with E-state index in [-0.39, 0.29) is 47.5 Å². The molecule has 2 N–H and O–H groups in total. The van der Waals surface area contributed by atoms with Crippen molar-refractivity contribution in [1.82, 2.24) is 10.2 Å². The van der Waals surface area contributed by atoms with Crippen molar-refractivity contribution in [3.63, 3.8) is 0 Å². The van der Waals surface area contributed by atoms with Gasteiger partial charge in [-0.1, -0.05) is 89.6 Å². The molecule has 2 unspecified atom stereocenters.